The van der Waals surface area contributed by atoms with Crippen LogP contribution in [0.4, 0.5) is 0 Å². The molecule has 634 valence electrons. The third-order valence-electron chi connectivity index (χ3n) is 34.3. The van der Waals surface area contributed by atoms with Gasteiger partial charge in [0, 0.05) is 85.7 Å². The van der Waals surface area contributed by atoms with Crippen LogP contribution in [0.1, 0.15) is 276 Å². The number of aromatic nitrogens is 10. The van der Waals surface area contributed by atoms with Crippen molar-refractivity contribution in [1.29, 1.82) is 0 Å². The molecule has 14 rings (SSSR count). The van der Waals surface area contributed by atoms with Crippen LogP contribution in [0.2, 0.25) is 10.0 Å². The molecule has 2 unspecified atom stereocenters. The van der Waals surface area contributed by atoms with Gasteiger partial charge in [-0.25, -0.2) is 19.9 Å². The van der Waals surface area contributed by atoms with Crippen LogP contribution in [0, 0.1) is 112 Å². The Morgan fingerprint density at radius 1 is 0.534 bits per heavy atom. The number of hydrogen-bond donors (Lipinski definition) is 6. The van der Waals surface area contributed by atoms with Crippen LogP contribution in [0.5, 0.6) is 0 Å². The predicted octanol–water partition coefficient (Wildman–Crippen LogP) is 15.6. The van der Waals surface area contributed by atoms with E-state index in [0.717, 1.165) is 99.3 Å². The zero-order chi connectivity index (χ0) is 84.3. The number of ketones is 2. The Morgan fingerprint density at radius 3 is 1.37 bits per heavy atom. The minimum Gasteiger partial charge on any atom is -0.481 e. The van der Waals surface area contributed by atoms with Gasteiger partial charge in [-0.05, 0) is 240 Å². The lowest BCUT2D eigenvalue weighted by Crippen LogP contribution is -2.66. The lowest BCUT2D eigenvalue weighted by molar-refractivity contribution is -0.235. The maximum atomic E-state index is 15.0. The van der Waals surface area contributed by atoms with Crippen molar-refractivity contribution in [3.8, 4) is 23.3 Å². The van der Waals surface area contributed by atoms with Crippen molar-refractivity contribution in [2.45, 2.75) is 290 Å². The van der Waals surface area contributed by atoms with Gasteiger partial charge >= 0.3 is 23.9 Å². The third-order valence-corrected chi connectivity index (χ3v) is 34.8. The van der Waals surface area contributed by atoms with E-state index >= 15 is 4.79 Å². The molecule has 0 amide bonds. The normalized spacial score (nSPS) is 35.5. The summed E-state index contributed by atoms with van der Waals surface area (Å²) in [7, 11) is 3.70. The average molecular weight is 1640 g/mol. The highest BCUT2D eigenvalue weighted by Crippen LogP contribution is 2.80. The Morgan fingerprint density at radius 2 is 0.957 bits per heavy atom. The molecule has 4 aromatic heterocycles. The number of allylic oxidation sites excluding steroid dienone is 2. The number of aliphatic carboxylic acids is 2. The van der Waals surface area contributed by atoms with Crippen molar-refractivity contribution in [1.82, 2.24) is 60.1 Å². The number of halogens is 2. The third kappa shape index (κ3) is 13.1. The van der Waals surface area contributed by atoms with E-state index in [4.69, 9.17) is 57.9 Å². The van der Waals surface area contributed by atoms with E-state index in [1.807, 2.05) is 23.2 Å². The second kappa shape index (κ2) is 30.0. The quantitative estimate of drug-likeness (QED) is 0.0355. The van der Waals surface area contributed by atoms with Crippen LogP contribution >= 0.6 is 23.2 Å². The molecule has 0 spiro atoms. The summed E-state index contributed by atoms with van der Waals surface area (Å²) >= 11 is 13.2. The largest absolute Gasteiger partial charge is 0.481 e. The van der Waals surface area contributed by atoms with Gasteiger partial charge in [0.15, 0.2) is 34.9 Å². The van der Waals surface area contributed by atoms with E-state index < -0.39 is 75.7 Å². The van der Waals surface area contributed by atoms with Crippen molar-refractivity contribution in [3.63, 3.8) is 0 Å². The summed E-state index contributed by atoms with van der Waals surface area (Å²) in [5, 5.41) is 73.6. The lowest BCUT2D eigenvalue weighted by atomic mass is 9.33. The molecule has 10 aliphatic rings. The number of nitrogens with one attached hydrogen (secondary N) is 2. The van der Waals surface area contributed by atoms with E-state index in [0.29, 0.717) is 79.6 Å². The summed E-state index contributed by atoms with van der Waals surface area (Å²) in [6, 6.07) is 0. The number of carbonyl (C=O) groups is 6. The smallest absolute Gasteiger partial charge is 0.310 e. The van der Waals surface area contributed by atoms with Gasteiger partial charge in [0.25, 0.3) is 0 Å². The maximum Gasteiger partial charge on any atom is 0.310 e. The predicted molar refractivity (Wildman–Crippen MR) is 439 cm³/mol. The topological polar surface area (TPSA) is 339 Å². The molecule has 4 aromatic rings. The summed E-state index contributed by atoms with van der Waals surface area (Å²) in [6.07, 6.45) is 13.5. The molecule has 0 bridgehead atoms. The Bertz CT molecular complexity index is 4650. The molecule has 0 saturated heterocycles. The molecule has 19 atom stereocenters. The van der Waals surface area contributed by atoms with Crippen LogP contribution < -0.4 is 10.6 Å². The molecular formula is C90H128Cl2N12O12. The number of rotatable bonds is 24. The van der Waals surface area contributed by atoms with Crippen molar-refractivity contribution in [2.24, 2.45) is 112 Å². The van der Waals surface area contributed by atoms with Crippen molar-refractivity contribution in [3.05, 3.63) is 68.3 Å². The monoisotopic (exact) mass is 1640 g/mol. The van der Waals surface area contributed by atoms with Crippen molar-refractivity contribution >= 4 is 58.6 Å². The number of aliphatic hydroxyl groups excluding tert-OH is 2. The van der Waals surface area contributed by atoms with Gasteiger partial charge in [0.1, 0.15) is 24.4 Å². The molecular weight excluding hydrogens is 1510 g/mol. The van der Waals surface area contributed by atoms with Gasteiger partial charge in [0.05, 0.1) is 39.4 Å². The van der Waals surface area contributed by atoms with Gasteiger partial charge in [-0.1, -0.05) is 120 Å². The van der Waals surface area contributed by atoms with Gasteiger partial charge < -0.3 is 49.7 Å². The summed E-state index contributed by atoms with van der Waals surface area (Å²) in [4.78, 5) is 103. The van der Waals surface area contributed by atoms with E-state index in [1.54, 1.807) is 13.8 Å². The molecule has 4 heterocycles. The first-order valence-corrected chi connectivity index (χ1v) is 44.0. The molecule has 0 radical (unpaired) electrons. The van der Waals surface area contributed by atoms with Gasteiger partial charge in [-0.2, -0.15) is 0 Å². The molecule has 6 N–H and O–H groups in total. The van der Waals surface area contributed by atoms with E-state index in [2.05, 4.69) is 123 Å². The number of aliphatic hydroxyl groups is 2. The minimum absolute atomic E-state index is 0.0160. The number of nitrogens with zero attached hydrogens (tertiary/aromatic N) is 10. The summed E-state index contributed by atoms with van der Waals surface area (Å²) in [6.45, 7) is 38.5. The summed E-state index contributed by atoms with van der Waals surface area (Å²) < 4.78 is 16.6. The molecule has 26 heteroatoms. The number of Topliss-reactive ketones (excluding diaryl/α,β-unsaturated/α-hetero) is 2. The van der Waals surface area contributed by atoms with Gasteiger partial charge in [0.2, 0.25) is 11.6 Å². The number of carboxylic acids is 2. The highest BCUT2D eigenvalue weighted by atomic mass is 35.5. The number of carboxylic acid groups (broad SMARTS) is 2. The Balaban J connectivity index is 0.679. The first-order chi connectivity index (χ1) is 54.3. The molecule has 0 aliphatic heterocycles. The summed E-state index contributed by atoms with van der Waals surface area (Å²) in [5.74, 6) is -0.626. The number of esters is 2. The molecule has 24 nitrogen and oxygen atoms in total. The van der Waals surface area contributed by atoms with Crippen LogP contribution in [0.3, 0.4) is 0 Å². The summed E-state index contributed by atoms with van der Waals surface area (Å²) in [5.41, 5.74) is -2.77. The zero-order valence-electron chi connectivity index (χ0n) is 72.1. The number of carbonyl (C=O) groups excluding carboxylic acids is 4. The highest BCUT2D eigenvalue weighted by Gasteiger charge is 2.74. The number of fused-ring (bicyclic) bond motifs is 14. The van der Waals surface area contributed by atoms with E-state index in [1.165, 1.54) is 25.5 Å². The van der Waals surface area contributed by atoms with Gasteiger partial charge in [-0.3, -0.25) is 28.8 Å². The molecule has 116 heavy (non-hydrogen) atoms. The fourth-order valence-corrected chi connectivity index (χ4v) is 28.2. The second-order valence-corrected chi connectivity index (χ2v) is 42.6. The van der Waals surface area contributed by atoms with Crippen molar-refractivity contribution in [2.75, 3.05) is 27.2 Å². The number of likely N-dealkylation sites (N-methyl/N-ethyl adjacent to an activating group) is 2. The SMILES string of the molecule is CNCCn1c(-c2ncc(Cl)cn2)nnc1C(O)[C@@]12CC[C@]3(C)[C@H](CC[C@@H]4[C@@]5(C)CC[C@H](OC(=O)CC(C)(Cc6nc(-c7nnc([C@H](O)[C@@]89CC[C@]%10(C)[C@H](CC[C@@H]%11[C@@]%12(C)CC[C@H](OC(=O)CC(C)(C)C(=O)O)C(C)(C)[C@@H]%12CC[C@]%11%10C)C8=C(C(C)C)C(=O)C9)n7CCNC)ncc6Cl)C(=O)O)C(C)(C)[C@@H]5CC[C@]43C)C1=C(C(C)C)C(=O)C2. The first kappa shape index (κ1) is 86.0. The standard InChI is InChI=1S/C90H128Cl2N12O12/c1-48(2)65-55(105)41-89(69(109)73-99-101-75(103(73)38-36-93-18)71-95-45-50(91)46-96-71)34-32-85(14)51(67(65)89)20-23-60-84(13)29-27-62(81(9,10)58(84)25-31-88(60,85)17)116-64(108)44-82(11,78(113)114)40-54-53(92)47-97-72(98-54)76-102-100-74(104(76)39-37-94-19)70(110)90-35-33-86(15)52(68(90)66(49(3)4)56(106)42-90)21-22-59-83(12)28-26-61(115-63(107)43-79(5,6)77(111)112)80(7,8)57(83)24-30-87(59,86)16/h45-49,51-52,57-62,69-70,93-94,109-110H,20-44H2,1-19H3,(H,111,112)(H,113,114)/t51-,52-,57+,58+,59-,60-,61+,62+,69?,70+,82?,83+,84+,85-,86-,87-,88-,89-,90-/m1/s1. The fraction of sp³-hybridized carbons (Fsp3) is 0.756. The lowest BCUT2D eigenvalue weighted by Gasteiger charge is -2.72. The Hall–Kier alpha value is -6.44. The number of hydrogen-bond acceptors (Lipinski definition) is 20. The second-order valence-electron chi connectivity index (χ2n) is 41.8. The fourth-order valence-electron chi connectivity index (χ4n) is 27.9. The van der Waals surface area contributed by atoms with Crippen LogP contribution in [-0.4, -0.2) is 145 Å². The molecule has 8 saturated carbocycles. The van der Waals surface area contributed by atoms with Crippen molar-refractivity contribution < 1.29 is 58.7 Å². The molecule has 8 fully saturated rings. The van der Waals surface area contributed by atoms with Crippen LogP contribution in [-0.2, 0) is 57.8 Å². The zero-order valence-corrected chi connectivity index (χ0v) is 73.6. The van der Waals surface area contributed by atoms with Crippen LogP contribution in [0.25, 0.3) is 23.3 Å². The van der Waals surface area contributed by atoms with E-state index in [-0.39, 0.29) is 152 Å². The molecule has 10 aliphatic carbocycles. The van der Waals surface area contributed by atoms with Crippen LogP contribution in [0.15, 0.2) is 40.9 Å². The highest BCUT2D eigenvalue weighted by molar-refractivity contribution is 6.31. The minimum atomic E-state index is -1.74. The molecule has 0 aromatic carbocycles. The average Bonchev–Trinajstić information content (AvgIpc) is 1.12. The number of ether oxygens (including phenoxy) is 2. The Labute approximate surface area is 694 Å². The maximum absolute atomic E-state index is 15.0. The van der Waals surface area contributed by atoms with E-state index in [9.17, 15) is 44.4 Å². The first-order valence-electron chi connectivity index (χ1n) is 43.2. The Kier molecular flexibility index (Phi) is 22.2. The van der Waals surface area contributed by atoms with Gasteiger partial charge in [-0.15, -0.1) is 20.4 Å².